The lowest BCUT2D eigenvalue weighted by molar-refractivity contribution is -0.870. The maximum atomic E-state index is 12.9. The summed E-state index contributed by atoms with van der Waals surface area (Å²) in [6.07, 6.45) is 49.6. The smallest absolute Gasteiger partial charge is 0.387 e. The Balaban J connectivity index is 4.35. The lowest BCUT2D eigenvalue weighted by atomic mass is 10.0. The predicted octanol–water partition coefficient (Wildman–Crippen LogP) is 14.1. The third-order valence-corrected chi connectivity index (χ3v) is 12.1. The fourth-order valence-corrected chi connectivity index (χ4v) is 7.95. The zero-order chi connectivity index (χ0) is 42.8. The van der Waals surface area contributed by atoms with E-state index < -0.39 is 20.0 Å². The number of nitrogens with one attached hydrogen (secondary N) is 1. The van der Waals surface area contributed by atoms with Crippen molar-refractivity contribution < 1.29 is 32.9 Å². The molecule has 3 atom stereocenters. The van der Waals surface area contributed by atoms with Gasteiger partial charge in [-0.3, -0.25) is 13.8 Å². The van der Waals surface area contributed by atoms with Crippen LogP contribution >= 0.6 is 7.82 Å². The van der Waals surface area contributed by atoms with Gasteiger partial charge in [0.25, 0.3) is 0 Å². The second kappa shape index (κ2) is 41.3. The maximum Gasteiger partial charge on any atom is 0.472 e. The molecule has 58 heavy (non-hydrogen) atoms. The van der Waals surface area contributed by atoms with Crippen LogP contribution in [0.3, 0.4) is 0 Å². The number of nitrogens with zero attached hydrogens (tertiary/aromatic N) is 1. The van der Waals surface area contributed by atoms with Crippen molar-refractivity contribution in [3.05, 3.63) is 24.3 Å². The third kappa shape index (κ3) is 43.1. The van der Waals surface area contributed by atoms with E-state index in [9.17, 15) is 19.4 Å². The van der Waals surface area contributed by atoms with Crippen molar-refractivity contribution in [2.75, 3.05) is 40.9 Å². The van der Waals surface area contributed by atoms with Crippen LogP contribution in [-0.4, -0.2) is 73.4 Å². The molecular formula is C49H98N2O6P+. The minimum absolute atomic E-state index is 0.0612. The number of carbonyl (C=O) groups is 1. The van der Waals surface area contributed by atoms with Gasteiger partial charge in [-0.15, -0.1) is 0 Å². The molecule has 0 aliphatic heterocycles. The van der Waals surface area contributed by atoms with Crippen LogP contribution in [0.1, 0.15) is 232 Å². The van der Waals surface area contributed by atoms with Crippen LogP contribution < -0.4 is 5.32 Å². The first-order valence-corrected chi connectivity index (χ1v) is 26.2. The first kappa shape index (κ1) is 57.0. The van der Waals surface area contributed by atoms with Crippen LogP contribution in [0.25, 0.3) is 0 Å². The number of carbonyl (C=O) groups excluding carboxylic acids is 1. The topological polar surface area (TPSA) is 105 Å². The molecule has 3 N–H and O–H groups in total. The number of quaternary nitrogens is 1. The zero-order valence-electron chi connectivity index (χ0n) is 39.0. The second-order valence-electron chi connectivity index (χ2n) is 18.2. The van der Waals surface area contributed by atoms with Crippen molar-refractivity contribution in [2.24, 2.45) is 0 Å². The van der Waals surface area contributed by atoms with Crippen LogP contribution in [0.5, 0.6) is 0 Å². The standard InChI is InChI=1S/C49H97N2O6P/c1-6-8-10-12-14-16-18-20-22-24-25-26-27-28-30-32-34-36-38-40-42-48(52)47(46-57-58(54,55)56-45-44-51(3,4)5)50-49(53)43-41-39-37-35-33-31-29-23-21-19-17-15-13-11-9-7-2/h23,29,40,42,47-48,52H,6-22,24-28,30-39,41,43-46H2,1-5H3,(H-,50,53,54,55)/p+1/b29-23-,42-40+. The number of aliphatic hydroxyl groups excluding tert-OH is 1. The Hall–Kier alpha value is -1.02. The summed E-state index contributed by atoms with van der Waals surface area (Å²) in [5.41, 5.74) is 0. The van der Waals surface area contributed by atoms with Gasteiger partial charge in [-0.25, -0.2) is 4.57 Å². The van der Waals surface area contributed by atoms with E-state index in [2.05, 4.69) is 31.3 Å². The highest BCUT2D eigenvalue weighted by molar-refractivity contribution is 7.47. The molecule has 344 valence electrons. The number of hydrogen-bond donors (Lipinski definition) is 3. The molecule has 9 heteroatoms. The van der Waals surface area contributed by atoms with E-state index in [-0.39, 0.29) is 19.1 Å². The van der Waals surface area contributed by atoms with Crippen molar-refractivity contribution in [1.82, 2.24) is 5.32 Å². The predicted molar refractivity (Wildman–Crippen MR) is 249 cm³/mol. The number of hydrogen-bond acceptors (Lipinski definition) is 5. The Labute approximate surface area is 360 Å². The summed E-state index contributed by atoms with van der Waals surface area (Å²) in [5.74, 6) is -0.184. The molecule has 0 aromatic carbocycles. The van der Waals surface area contributed by atoms with Gasteiger partial charge in [0, 0.05) is 6.42 Å². The Morgan fingerprint density at radius 3 is 1.33 bits per heavy atom. The largest absolute Gasteiger partial charge is 0.472 e. The van der Waals surface area contributed by atoms with Gasteiger partial charge in [-0.1, -0.05) is 205 Å². The Morgan fingerprint density at radius 1 is 0.569 bits per heavy atom. The third-order valence-electron chi connectivity index (χ3n) is 11.2. The van der Waals surface area contributed by atoms with E-state index in [0.717, 1.165) is 51.4 Å². The molecular weight excluding hydrogens is 744 g/mol. The van der Waals surface area contributed by atoms with Crippen molar-refractivity contribution in [2.45, 2.75) is 244 Å². The number of phosphoric ester groups is 1. The van der Waals surface area contributed by atoms with Gasteiger partial charge in [0.1, 0.15) is 13.2 Å². The summed E-state index contributed by atoms with van der Waals surface area (Å²) in [7, 11) is 1.57. The molecule has 3 unspecified atom stereocenters. The van der Waals surface area contributed by atoms with Gasteiger partial charge in [-0.2, -0.15) is 0 Å². The highest BCUT2D eigenvalue weighted by Crippen LogP contribution is 2.43. The van der Waals surface area contributed by atoms with E-state index in [1.807, 2.05) is 27.2 Å². The van der Waals surface area contributed by atoms with Crippen molar-refractivity contribution in [3.63, 3.8) is 0 Å². The molecule has 0 aliphatic rings. The van der Waals surface area contributed by atoms with Crippen molar-refractivity contribution in [3.8, 4) is 0 Å². The lowest BCUT2D eigenvalue weighted by Crippen LogP contribution is -2.45. The lowest BCUT2D eigenvalue weighted by Gasteiger charge is -2.25. The van der Waals surface area contributed by atoms with E-state index in [0.29, 0.717) is 17.4 Å². The number of allylic oxidation sites excluding steroid dienone is 3. The van der Waals surface area contributed by atoms with Crippen LogP contribution in [0.15, 0.2) is 24.3 Å². The Morgan fingerprint density at radius 2 is 0.931 bits per heavy atom. The molecule has 0 saturated carbocycles. The number of unbranched alkanes of at least 4 members (excludes halogenated alkanes) is 30. The van der Waals surface area contributed by atoms with Crippen LogP contribution in [0, 0.1) is 0 Å². The average molecular weight is 842 g/mol. The van der Waals surface area contributed by atoms with Crippen LogP contribution in [0.2, 0.25) is 0 Å². The summed E-state index contributed by atoms with van der Waals surface area (Å²) in [4.78, 5) is 23.2. The van der Waals surface area contributed by atoms with Crippen molar-refractivity contribution >= 4 is 13.7 Å². The summed E-state index contributed by atoms with van der Waals surface area (Å²) in [6.45, 7) is 4.82. The van der Waals surface area contributed by atoms with E-state index in [1.165, 1.54) is 161 Å². The fourth-order valence-electron chi connectivity index (χ4n) is 7.21. The number of aliphatic hydroxyl groups is 1. The molecule has 0 radical (unpaired) electrons. The van der Waals surface area contributed by atoms with Crippen LogP contribution in [0.4, 0.5) is 0 Å². The van der Waals surface area contributed by atoms with Crippen LogP contribution in [-0.2, 0) is 18.4 Å². The molecule has 0 spiro atoms. The quantitative estimate of drug-likeness (QED) is 0.0244. The Kier molecular flexibility index (Phi) is 40.6. The van der Waals surface area contributed by atoms with Gasteiger partial charge < -0.3 is 19.8 Å². The minimum Gasteiger partial charge on any atom is -0.387 e. The highest BCUT2D eigenvalue weighted by atomic mass is 31.2. The number of phosphoric acid groups is 1. The first-order chi connectivity index (χ1) is 28.0. The molecule has 0 bridgehead atoms. The average Bonchev–Trinajstić information content (AvgIpc) is 3.17. The highest BCUT2D eigenvalue weighted by Gasteiger charge is 2.27. The summed E-state index contributed by atoms with van der Waals surface area (Å²) in [5, 5.41) is 13.9. The SMILES string of the molecule is CCCCCCCCC/C=C\CCCCCCCC(=O)NC(COP(=O)(O)OCC[N+](C)(C)C)C(O)/C=C/CCCCCCCCCCCCCCCCCCCC. The molecule has 0 heterocycles. The maximum absolute atomic E-state index is 12.9. The number of amides is 1. The van der Waals surface area contributed by atoms with Gasteiger partial charge >= 0.3 is 7.82 Å². The van der Waals surface area contributed by atoms with Crippen molar-refractivity contribution in [1.29, 1.82) is 0 Å². The molecule has 0 saturated heterocycles. The summed E-state index contributed by atoms with van der Waals surface area (Å²) < 4.78 is 23.6. The normalized spacial score (nSPS) is 14.4. The molecule has 0 aromatic heterocycles. The van der Waals surface area contributed by atoms with Gasteiger partial charge in [-0.05, 0) is 44.9 Å². The van der Waals surface area contributed by atoms with E-state index >= 15 is 0 Å². The second-order valence-corrected chi connectivity index (χ2v) is 19.6. The van der Waals surface area contributed by atoms with Gasteiger partial charge in [0.2, 0.25) is 5.91 Å². The monoisotopic (exact) mass is 842 g/mol. The molecule has 1 amide bonds. The van der Waals surface area contributed by atoms with E-state index in [1.54, 1.807) is 6.08 Å². The molecule has 0 fully saturated rings. The van der Waals surface area contributed by atoms with Gasteiger partial charge in [0.15, 0.2) is 0 Å². The summed E-state index contributed by atoms with van der Waals surface area (Å²) in [6, 6.07) is -0.848. The molecule has 8 nitrogen and oxygen atoms in total. The van der Waals surface area contributed by atoms with Gasteiger partial charge in [0.05, 0.1) is 39.9 Å². The number of rotatable bonds is 45. The first-order valence-electron chi connectivity index (χ1n) is 24.7. The fraction of sp³-hybridized carbons (Fsp3) is 0.898. The minimum atomic E-state index is -4.34. The summed E-state index contributed by atoms with van der Waals surface area (Å²) >= 11 is 0. The number of likely N-dealkylation sites (N-methyl/N-ethyl adjacent to an activating group) is 1. The molecule has 0 aliphatic carbocycles. The van der Waals surface area contributed by atoms with E-state index in [4.69, 9.17) is 9.05 Å². The molecule has 0 rings (SSSR count). The zero-order valence-corrected chi connectivity index (χ0v) is 39.9. The molecule has 0 aromatic rings. The Bertz CT molecular complexity index is 1000.